The second kappa shape index (κ2) is 7.59. The number of nitrogens with one attached hydrogen (secondary N) is 1. The van der Waals surface area contributed by atoms with Crippen LogP contribution >= 0.6 is 0 Å². The molecule has 0 atom stereocenters. The minimum absolute atomic E-state index is 0.0155. The molecule has 2 aromatic rings. The maximum Gasteiger partial charge on any atom is 0.258 e. The van der Waals surface area contributed by atoms with Gasteiger partial charge in [-0.3, -0.25) is 4.79 Å². The number of hydrogen-bond acceptors (Lipinski definition) is 5. The van der Waals surface area contributed by atoms with Gasteiger partial charge < -0.3 is 10.1 Å². The van der Waals surface area contributed by atoms with E-state index in [0.717, 1.165) is 5.56 Å². The number of carbonyl (C=O) groups is 1. The number of benzene rings is 2. The van der Waals surface area contributed by atoms with Crippen molar-refractivity contribution in [1.82, 2.24) is 5.32 Å². The summed E-state index contributed by atoms with van der Waals surface area (Å²) in [5.74, 6) is 0.163. The molecular weight excluding hydrogens is 330 g/mol. The smallest absolute Gasteiger partial charge is 0.258 e. The maximum atomic E-state index is 11.7. The van der Waals surface area contributed by atoms with Crippen molar-refractivity contribution in [3.05, 3.63) is 59.7 Å². The molecule has 0 heterocycles. The molecule has 0 aliphatic carbocycles. The van der Waals surface area contributed by atoms with E-state index in [9.17, 15) is 13.2 Å². The fourth-order valence-corrected chi connectivity index (χ4v) is 2.34. The topological polar surface area (TPSA) is 122 Å². The highest BCUT2D eigenvalue weighted by molar-refractivity contribution is 7.89. The van der Waals surface area contributed by atoms with Gasteiger partial charge in [0.2, 0.25) is 10.0 Å². The molecule has 0 saturated carbocycles. The average molecular weight is 345 g/mol. The molecule has 7 nitrogen and oxygen atoms in total. The van der Waals surface area contributed by atoms with Crippen LogP contribution in [0.25, 0.3) is 0 Å². The van der Waals surface area contributed by atoms with Crippen LogP contribution in [-0.4, -0.2) is 20.9 Å². The Balaban J connectivity index is 1.81. The third-order valence-corrected chi connectivity index (χ3v) is 4.02. The SMILES string of the molecule is N#Cc1ccc(OCC(=O)NCc2ccc(S(N)(=O)=O)cc2)cc1. The van der Waals surface area contributed by atoms with Crippen LogP contribution in [0.4, 0.5) is 0 Å². The van der Waals surface area contributed by atoms with Crippen LogP contribution in [0.15, 0.2) is 53.4 Å². The fraction of sp³-hybridized carbons (Fsp3) is 0.125. The zero-order chi connectivity index (χ0) is 17.6. The van der Waals surface area contributed by atoms with Crippen LogP contribution in [0.5, 0.6) is 5.75 Å². The number of nitrogens with two attached hydrogens (primary N) is 1. The summed E-state index contributed by atoms with van der Waals surface area (Å²) in [4.78, 5) is 11.8. The van der Waals surface area contributed by atoms with Crippen molar-refractivity contribution in [1.29, 1.82) is 5.26 Å². The van der Waals surface area contributed by atoms with Crippen LogP contribution in [0, 0.1) is 11.3 Å². The first-order valence-corrected chi connectivity index (χ1v) is 8.44. The summed E-state index contributed by atoms with van der Waals surface area (Å²) in [6.45, 7) is 0.0711. The fourth-order valence-electron chi connectivity index (χ4n) is 1.82. The molecule has 124 valence electrons. The molecule has 0 aliphatic heterocycles. The van der Waals surface area contributed by atoms with Gasteiger partial charge >= 0.3 is 0 Å². The van der Waals surface area contributed by atoms with Crippen LogP contribution in [0.1, 0.15) is 11.1 Å². The number of ether oxygens (including phenoxy) is 1. The minimum Gasteiger partial charge on any atom is -0.484 e. The van der Waals surface area contributed by atoms with Gasteiger partial charge in [-0.05, 0) is 42.0 Å². The van der Waals surface area contributed by atoms with Gasteiger partial charge in [0.05, 0.1) is 16.5 Å². The summed E-state index contributed by atoms with van der Waals surface area (Å²) >= 11 is 0. The van der Waals surface area contributed by atoms with Gasteiger partial charge in [-0.15, -0.1) is 0 Å². The molecule has 1 amide bonds. The van der Waals surface area contributed by atoms with Crippen molar-refractivity contribution >= 4 is 15.9 Å². The summed E-state index contributed by atoms with van der Waals surface area (Å²) in [5.41, 5.74) is 1.24. The molecule has 8 heteroatoms. The lowest BCUT2D eigenvalue weighted by molar-refractivity contribution is -0.123. The number of nitrogens with zero attached hydrogens (tertiary/aromatic N) is 1. The normalized spacial score (nSPS) is 10.7. The molecule has 3 N–H and O–H groups in total. The van der Waals surface area contributed by atoms with Crippen molar-refractivity contribution in [3.63, 3.8) is 0 Å². The van der Waals surface area contributed by atoms with E-state index in [1.807, 2.05) is 6.07 Å². The minimum atomic E-state index is -3.72. The lowest BCUT2D eigenvalue weighted by Gasteiger charge is -2.08. The summed E-state index contributed by atoms with van der Waals surface area (Å²) in [6.07, 6.45) is 0. The monoisotopic (exact) mass is 345 g/mol. The molecule has 24 heavy (non-hydrogen) atoms. The highest BCUT2D eigenvalue weighted by atomic mass is 32.2. The summed E-state index contributed by atoms with van der Waals surface area (Å²) in [6, 6.07) is 14.3. The molecule has 0 fully saturated rings. The van der Waals surface area contributed by atoms with Crippen molar-refractivity contribution in [2.45, 2.75) is 11.4 Å². The zero-order valence-electron chi connectivity index (χ0n) is 12.6. The lowest BCUT2D eigenvalue weighted by atomic mass is 10.2. The van der Waals surface area contributed by atoms with E-state index in [4.69, 9.17) is 15.1 Å². The molecule has 0 radical (unpaired) electrons. The Morgan fingerprint density at radius 3 is 2.29 bits per heavy atom. The number of amides is 1. The molecule has 2 rings (SSSR count). The van der Waals surface area contributed by atoms with Crippen molar-refractivity contribution in [2.75, 3.05) is 6.61 Å². The van der Waals surface area contributed by atoms with Gasteiger partial charge in [-0.1, -0.05) is 12.1 Å². The Labute approximate surface area is 139 Å². The Morgan fingerprint density at radius 1 is 1.12 bits per heavy atom. The summed E-state index contributed by atoms with van der Waals surface area (Å²) in [7, 11) is -3.72. The van der Waals surface area contributed by atoms with Crippen molar-refractivity contribution < 1.29 is 17.9 Å². The first-order chi connectivity index (χ1) is 11.4. The van der Waals surface area contributed by atoms with Gasteiger partial charge in [-0.25, -0.2) is 13.6 Å². The Morgan fingerprint density at radius 2 is 1.75 bits per heavy atom. The molecule has 0 unspecified atom stereocenters. The Hall–Kier alpha value is -2.89. The number of sulfonamides is 1. The number of rotatable bonds is 6. The zero-order valence-corrected chi connectivity index (χ0v) is 13.4. The first kappa shape index (κ1) is 17.5. The maximum absolute atomic E-state index is 11.7. The largest absolute Gasteiger partial charge is 0.484 e. The van der Waals surface area contributed by atoms with E-state index in [2.05, 4.69) is 5.32 Å². The summed E-state index contributed by atoms with van der Waals surface area (Å²) < 4.78 is 27.6. The van der Waals surface area contributed by atoms with E-state index in [-0.39, 0.29) is 24.0 Å². The predicted molar refractivity (Wildman–Crippen MR) is 86.3 cm³/mol. The van der Waals surface area contributed by atoms with E-state index >= 15 is 0 Å². The number of nitriles is 1. The third kappa shape index (κ3) is 5.08. The Bertz CT molecular complexity index is 854. The van der Waals surface area contributed by atoms with Gasteiger partial charge in [0, 0.05) is 6.54 Å². The van der Waals surface area contributed by atoms with E-state index < -0.39 is 10.0 Å². The second-order valence-electron chi connectivity index (χ2n) is 4.89. The molecule has 0 aromatic heterocycles. The Kier molecular flexibility index (Phi) is 5.52. The van der Waals surface area contributed by atoms with Crippen LogP contribution < -0.4 is 15.2 Å². The van der Waals surface area contributed by atoms with Gasteiger partial charge in [0.15, 0.2) is 6.61 Å². The average Bonchev–Trinajstić information content (AvgIpc) is 2.58. The van der Waals surface area contributed by atoms with E-state index in [0.29, 0.717) is 11.3 Å². The van der Waals surface area contributed by atoms with E-state index in [1.165, 1.54) is 12.1 Å². The number of carbonyl (C=O) groups excluding carboxylic acids is 1. The molecular formula is C16H15N3O4S. The van der Waals surface area contributed by atoms with Gasteiger partial charge in [0.25, 0.3) is 5.91 Å². The van der Waals surface area contributed by atoms with E-state index in [1.54, 1.807) is 36.4 Å². The molecule has 0 aliphatic rings. The molecule has 0 spiro atoms. The standard InChI is InChI=1S/C16H15N3O4S/c17-9-12-1-5-14(6-2-12)23-11-16(20)19-10-13-3-7-15(8-4-13)24(18,21)22/h1-8H,10-11H2,(H,19,20)(H2,18,21,22). The van der Waals surface area contributed by atoms with Crippen LogP contribution in [0.3, 0.4) is 0 Å². The number of hydrogen-bond donors (Lipinski definition) is 2. The number of primary sulfonamides is 1. The summed E-state index contributed by atoms with van der Waals surface area (Å²) in [5, 5.41) is 16.4. The lowest BCUT2D eigenvalue weighted by Crippen LogP contribution is -2.28. The second-order valence-corrected chi connectivity index (χ2v) is 6.45. The predicted octanol–water partition coefficient (Wildman–Crippen LogP) is 0.901. The highest BCUT2D eigenvalue weighted by Crippen LogP contribution is 2.11. The highest BCUT2D eigenvalue weighted by Gasteiger charge is 2.07. The molecule has 0 bridgehead atoms. The first-order valence-electron chi connectivity index (χ1n) is 6.90. The van der Waals surface area contributed by atoms with Crippen molar-refractivity contribution in [3.8, 4) is 11.8 Å². The quantitative estimate of drug-likeness (QED) is 0.805. The van der Waals surface area contributed by atoms with Crippen molar-refractivity contribution in [2.24, 2.45) is 5.14 Å². The van der Waals surface area contributed by atoms with Gasteiger partial charge in [0.1, 0.15) is 5.75 Å². The van der Waals surface area contributed by atoms with Crippen LogP contribution in [-0.2, 0) is 21.4 Å². The molecule has 0 saturated heterocycles. The van der Waals surface area contributed by atoms with Crippen LogP contribution in [0.2, 0.25) is 0 Å². The third-order valence-electron chi connectivity index (χ3n) is 3.09. The molecule has 2 aromatic carbocycles. The van der Waals surface area contributed by atoms with Gasteiger partial charge in [-0.2, -0.15) is 5.26 Å².